The molecule has 0 aromatic rings. The zero-order valence-corrected chi connectivity index (χ0v) is 5.35. The zero-order valence-electron chi connectivity index (χ0n) is 5.35. The zero-order chi connectivity index (χ0) is 6.10. The molecule has 0 aromatic carbocycles. The van der Waals surface area contributed by atoms with Crippen LogP contribution in [0.2, 0.25) is 0 Å². The van der Waals surface area contributed by atoms with Crippen molar-refractivity contribution < 1.29 is 0 Å². The topological polar surface area (TPSA) is 36.4 Å². The second-order valence-electron chi connectivity index (χ2n) is 2.55. The molecule has 0 radical (unpaired) electrons. The van der Waals surface area contributed by atoms with Gasteiger partial charge in [0.1, 0.15) is 5.84 Å². The lowest BCUT2D eigenvalue weighted by Gasteiger charge is -2.26. The maximum atomic E-state index is 4.32. The van der Waals surface area contributed by atoms with Crippen molar-refractivity contribution in [2.45, 2.75) is 0 Å². The SMILES string of the molecule is C1CNC(C2CNC2)=N1. The molecule has 2 aliphatic heterocycles. The van der Waals surface area contributed by atoms with Gasteiger partial charge in [0.15, 0.2) is 0 Å². The lowest BCUT2D eigenvalue weighted by molar-refractivity contribution is 0.437. The molecule has 0 aliphatic carbocycles. The van der Waals surface area contributed by atoms with Gasteiger partial charge in [-0.15, -0.1) is 0 Å². The summed E-state index contributed by atoms with van der Waals surface area (Å²) in [6.07, 6.45) is 0. The Kier molecular flexibility index (Phi) is 1.16. The van der Waals surface area contributed by atoms with E-state index in [1.165, 1.54) is 5.84 Å². The van der Waals surface area contributed by atoms with Gasteiger partial charge in [0.2, 0.25) is 0 Å². The monoisotopic (exact) mass is 125 g/mol. The Hall–Kier alpha value is -0.570. The van der Waals surface area contributed by atoms with Gasteiger partial charge in [-0.25, -0.2) is 0 Å². The van der Waals surface area contributed by atoms with Crippen LogP contribution in [0.4, 0.5) is 0 Å². The van der Waals surface area contributed by atoms with Crippen LogP contribution in [-0.4, -0.2) is 32.0 Å². The first kappa shape index (κ1) is 5.23. The molecule has 2 rings (SSSR count). The lowest BCUT2D eigenvalue weighted by Crippen LogP contribution is -2.49. The number of amidine groups is 1. The van der Waals surface area contributed by atoms with E-state index < -0.39 is 0 Å². The van der Waals surface area contributed by atoms with E-state index >= 15 is 0 Å². The first-order valence-corrected chi connectivity index (χ1v) is 3.46. The molecule has 2 N–H and O–H groups in total. The van der Waals surface area contributed by atoms with Crippen molar-refractivity contribution in [3.8, 4) is 0 Å². The minimum atomic E-state index is 0.701. The summed E-state index contributed by atoms with van der Waals surface area (Å²) < 4.78 is 0. The van der Waals surface area contributed by atoms with Crippen molar-refractivity contribution in [1.82, 2.24) is 10.6 Å². The second kappa shape index (κ2) is 1.99. The fraction of sp³-hybridized carbons (Fsp3) is 0.833. The summed E-state index contributed by atoms with van der Waals surface area (Å²) in [6, 6.07) is 0. The summed E-state index contributed by atoms with van der Waals surface area (Å²) in [6.45, 7) is 4.26. The third-order valence-corrected chi connectivity index (χ3v) is 1.87. The van der Waals surface area contributed by atoms with Crippen LogP contribution < -0.4 is 10.6 Å². The molecular formula is C6H11N3. The molecule has 0 spiro atoms. The van der Waals surface area contributed by atoms with E-state index in [2.05, 4.69) is 15.6 Å². The molecular weight excluding hydrogens is 114 g/mol. The van der Waals surface area contributed by atoms with Crippen LogP contribution in [0, 0.1) is 5.92 Å². The number of nitrogens with one attached hydrogen (secondary N) is 2. The van der Waals surface area contributed by atoms with Crippen LogP contribution in [-0.2, 0) is 0 Å². The molecule has 2 aliphatic rings. The maximum Gasteiger partial charge on any atom is 0.102 e. The van der Waals surface area contributed by atoms with Gasteiger partial charge >= 0.3 is 0 Å². The normalized spacial score (nSPS) is 26.9. The van der Waals surface area contributed by atoms with Crippen molar-refractivity contribution in [2.75, 3.05) is 26.2 Å². The first-order chi connectivity index (χ1) is 4.47. The first-order valence-electron chi connectivity index (χ1n) is 3.46. The second-order valence-corrected chi connectivity index (χ2v) is 2.55. The predicted octanol–water partition coefficient (Wildman–Crippen LogP) is -0.792. The fourth-order valence-corrected chi connectivity index (χ4v) is 1.17. The third kappa shape index (κ3) is 0.812. The molecule has 1 fully saturated rings. The van der Waals surface area contributed by atoms with Crippen LogP contribution >= 0.6 is 0 Å². The van der Waals surface area contributed by atoms with E-state index in [0.717, 1.165) is 26.2 Å². The van der Waals surface area contributed by atoms with E-state index in [-0.39, 0.29) is 0 Å². The highest BCUT2D eigenvalue weighted by Gasteiger charge is 2.23. The Balaban J connectivity index is 1.95. The molecule has 50 valence electrons. The van der Waals surface area contributed by atoms with Gasteiger partial charge in [-0.05, 0) is 0 Å². The predicted molar refractivity (Wildman–Crippen MR) is 36.7 cm³/mol. The summed E-state index contributed by atoms with van der Waals surface area (Å²) in [5, 5.41) is 6.49. The lowest BCUT2D eigenvalue weighted by atomic mass is 10.0. The van der Waals surface area contributed by atoms with Crippen molar-refractivity contribution in [2.24, 2.45) is 10.9 Å². The number of nitrogens with zero attached hydrogens (tertiary/aromatic N) is 1. The largest absolute Gasteiger partial charge is 0.372 e. The minimum Gasteiger partial charge on any atom is -0.372 e. The number of hydrogen-bond donors (Lipinski definition) is 2. The van der Waals surface area contributed by atoms with Crippen molar-refractivity contribution in [1.29, 1.82) is 0 Å². The van der Waals surface area contributed by atoms with Crippen molar-refractivity contribution in [3.63, 3.8) is 0 Å². The number of hydrogen-bond acceptors (Lipinski definition) is 3. The van der Waals surface area contributed by atoms with Gasteiger partial charge < -0.3 is 10.6 Å². The molecule has 1 saturated heterocycles. The van der Waals surface area contributed by atoms with Gasteiger partial charge in [0.05, 0.1) is 6.54 Å². The molecule has 0 bridgehead atoms. The van der Waals surface area contributed by atoms with Gasteiger partial charge in [-0.2, -0.15) is 0 Å². The molecule has 0 atom stereocenters. The molecule has 0 saturated carbocycles. The molecule has 0 unspecified atom stereocenters. The highest BCUT2D eigenvalue weighted by Crippen LogP contribution is 2.05. The Bertz CT molecular complexity index is 137. The summed E-state index contributed by atoms with van der Waals surface area (Å²) in [4.78, 5) is 4.32. The molecule has 9 heavy (non-hydrogen) atoms. The third-order valence-electron chi connectivity index (χ3n) is 1.87. The molecule has 3 nitrogen and oxygen atoms in total. The quantitative estimate of drug-likeness (QED) is 0.481. The summed E-state index contributed by atoms with van der Waals surface area (Å²) in [7, 11) is 0. The van der Waals surface area contributed by atoms with Gasteiger partial charge in [-0.3, -0.25) is 4.99 Å². The summed E-state index contributed by atoms with van der Waals surface area (Å²) in [5.41, 5.74) is 0. The van der Waals surface area contributed by atoms with Crippen LogP contribution in [0.25, 0.3) is 0 Å². The van der Waals surface area contributed by atoms with Crippen molar-refractivity contribution in [3.05, 3.63) is 0 Å². The number of rotatable bonds is 1. The van der Waals surface area contributed by atoms with Gasteiger partial charge in [0, 0.05) is 25.6 Å². The van der Waals surface area contributed by atoms with E-state index in [9.17, 15) is 0 Å². The van der Waals surface area contributed by atoms with E-state index in [0.29, 0.717) is 5.92 Å². The molecule has 0 aromatic heterocycles. The maximum absolute atomic E-state index is 4.32. The standard InChI is InChI=1S/C6H11N3/c1-2-9-6(8-1)5-3-7-4-5/h5,7H,1-4H2,(H,8,9). The smallest absolute Gasteiger partial charge is 0.102 e. The van der Waals surface area contributed by atoms with Crippen LogP contribution in [0.3, 0.4) is 0 Å². The Morgan fingerprint density at radius 2 is 2.33 bits per heavy atom. The Labute approximate surface area is 54.5 Å². The van der Waals surface area contributed by atoms with Crippen LogP contribution in [0.15, 0.2) is 4.99 Å². The van der Waals surface area contributed by atoms with E-state index in [1.807, 2.05) is 0 Å². The van der Waals surface area contributed by atoms with Crippen molar-refractivity contribution >= 4 is 5.84 Å². The molecule has 2 heterocycles. The summed E-state index contributed by atoms with van der Waals surface area (Å²) >= 11 is 0. The highest BCUT2D eigenvalue weighted by atomic mass is 15.1. The minimum absolute atomic E-state index is 0.701. The number of aliphatic imine (C=N–C) groups is 1. The Morgan fingerprint density at radius 3 is 2.78 bits per heavy atom. The van der Waals surface area contributed by atoms with E-state index in [1.54, 1.807) is 0 Å². The fourth-order valence-electron chi connectivity index (χ4n) is 1.17. The van der Waals surface area contributed by atoms with E-state index in [4.69, 9.17) is 0 Å². The Morgan fingerprint density at radius 1 is 1.44 bits per heavy atom. The molecule has 0 amide bonds. The van der Waals surface area contributed by atoms with Crippen LogP contribution in [0.5, 0.6) is 0 Å². The van der Waals surface area contributed by atoms with Gasteiger partial charge in [0.25, 0.3) is 0 Å². The average molecular weight is 125 g/mol. The summed E-state index contributed by atoms with van der Waals surface area (Å²) in [5.74, 6) is 1.93. The molecule has 3 heteroatoms. The highest BCUT2D eigenvalue weighted by molar-refractivity contribution is 5.87. The average Bonchev–Trinajstić information content (AvgIpc) is 2.11. The van der Waals surface area contributed by atoms with Crippen LogP contribution in [0.1, 0.15) is 0 Å². The van der Waals surface area contributed by atoms with Gasteiger partial charge in [-0.1, -0.05) is 0 Å².